The summed E-state index contributed by atoms with van der Waals surface area (Å²) in [5.74, 6) is 1.94. The average Bonchev–Trinajstić information content (AvgIpc) is 2.74. The maximum Gasteiger partial charge on any atom is 0.259 e. The molecule has 2 aliphatic heterocycles. The van der Waals surface area contributed by atoms with Gasteiger partial charge >= 0.3 is 0 Å². The fourth-order valence-corrected chi connectivity index (χ4v) is 3.87. The molecule has 21 heavy (non-hydrogen) atoms. The third-order valence-electron chi connectivity index (χ3n) is 3.93. The zero-order valence-corrected chi connectivity index (χ0v) is 12.6. The Kier molecular flexibility index (Phi) is 4.01. The Balaban J connectivity index is 1.64. The molecule has 0 spiro atoms. The fourth-order valence-electron chi connectivity index (χ4n) is 2.76. The number of nitrogens with one attached hydrogen (secondary N) is 1. The first-order valence-electron chi connectivity index (χ1n) is 7.14. The normalized spacial score (nSPS) is 18.8. The highest BCUT2D eigenvalue weighted by atomic mass is 32.2. The number of amides is 2. The van der Waals surface area contributed by atoms with Crippen molar-refractivity contribution in [3.63, 3.8) is 0 Å². The Labute approximate surface area is 128 Å². The number of carbonyl (C=O) groups excluding carboxylic acids is 2. The van der Waals surface area contributed by atoms with Gasteiger partial charge in [-0.15, -0.1) is 0 Å². The van der Waals surface area contributed by atoms with E-state index in [1.165, 1.54) is 4.90 Å². The second-order valence-corrected chi connectivity index (χ2v) is 6.56. The molecule has 1 saturated heterocycles. The Hall–Kier alpha value is -1.75. The first-order valence-corrected chi connectivity index (χ1v) is 8.29. The van der Waals surface area contributed by atoms with Crippen molar-refractivity contribution in [3.8, 4) is 0 Å². The molecule has 2 aliphatic rings. The molecule has 0 aromatic heterocycles. The van der Waals surface area contributed by atoms with Gasteiger partial charge in [0.1, 0.15) is 6.54 Å². The molecule has 4 nitrogen and oxygen atoms in total. The lowest BCUT2D eigenvalue weighted by atomic mass is 10.1. The van der Waals surface area contributed by atoms with Crippen molar-refractivity contribution in [2.24, 2.45) is 0 Å². The highest BCUT2D eigenvalue weighted by molar-refractivity contribution is 7.99. The van der Waals surface area contributed by atoms with Crippen LogP contribution in [-0.4, -0.2) is 40.8 Å². The molecule has 5 heteroatoms. The second-order valence-electron chi connectivity index (χ2n) is 5.34. The monoisotopic (exact) mass is 302 g/mol. The van der Waals surface area contributed by atoms with Gasteiger partial charge in [-0.1, -0.05) is 24.8 Å². The van der Waals surface area contributed by atoms with Crippen molar-refractivity contribution in [3.05, 3.63) is 42.0 Å². The molecule has 3 rings (SSSR count). The van der Waals surface area contributed by atoms with E-state index in [1.54, 1.807) is 6.07 Å². The summed E-state index contributed by atoms with van der Waals surface area (Å²) in [6, 6.07) is 7.59. The minimum absolute atomic E-state index is 0.0516. The van der Waals surface area contributed by atoms with Crippen molar-refractivity contribution in [1.82, 2.24) is 10.2 Å². The van der Waals surface area contributed by atoms with Gasteiger partial charge in [0.05, 0.1) is 0 Å². The summed E-state index contributed by atoms with van der Waals surface area (Å²) in [4.78, 5) is 25.9. The predicted molar refractivity (Wildman–Crippen MR) is 85.0 cm³/mol. The number of fused-ring (bicyclic) bond motifs is 1. The lowest BCUT2D eigenvalue weighted by Gasteiger charge is -2.24. The second kappa shape index (κ2) is 5.93. The summed E-state index contributed by atoms with van der Waals surface area (Å²) in [7, 11) is 0. The largest absolute Gasteiger partial charge is 0.352 e. The van der Waals surface area contributed by atoms with Crippen molar-refractivity contribution in [2.45, 2.75) is 18.9 Å². The van der Waals surface area contributed by atoms with Gasteiger partial charge in [-0.2, -0.15) is 11.8 Å². The topological polar surface area (TPSA) is 49.4 Å². The molecule has 0 atom stereocenters. The van der Waals surface area contributed by atoms with Crippen molar-refractivity contribution < 1.29 is 9.59 Å². The summed E-state index contributed by atoms with van der Waals surface area (Å²) >= 11 is 1.92. The fraction of sp³-hybridized carbons (Fsp3) is 0.375. The minimum Gasteiger partial charge on any atom is -0.352 e. The number of hydrogen-bond donors (Lipinski definition) is 1. The summed E-state index contributed by atoms with van der Waals surface area (Å²) < 4.78 is 0. The first-order chi connectivity index (χ1) is 10.2. The highest BCUT2D eigenvalue weighted by Crippen LogP contribution is 2.30. The number of carbonyl (C=O) groups is 2. The van der Waals surface area contributed by atoms with E-state index < -0.39 is 0 Å². The highest BCUT2D eigenvalue weighted by Gasteiger charge is 2.32. The van der Waals surface area contributed by atoms with Gasteiger partial charge in [0.15, 0.2) is 0 Å². The summed E-state index contributed by atoms with van der Waals surface area (Å²) in [6.07, 6.45) is 2.01. The smallest absolute Gasteiger partial charge is 0.259 e. The van der Waals surface area contributed by atoms with Gasteiger partial charge in [0.25, 0.3) is 5.91 Å². The summed E-state index contributed by atoms with van der Waals surface area (Å²) in [5, 5.41) is 3.03. The molecule has 0 bridgehead atoms. The van der Waals surface area contributed by atoms with Gasteiger partial charge in [-0.25, -0.2) is 0 Å². The van der Waals surface area contributed by atoms with Crippen LogP contribution in [0.1, 0.15) is 28.8 Å². The van der Waals surface area contributed by atoms with Gasteiger partial charge < -0.3 is 5.32 Å². The summed E-state index contributed by atoms with van der Waals surface area (Å²) in [5.41, 5.74) is 2.07. The van der Waals surface area contributed by atoms with Crippen LogP contribution >= 0.6 is 11.8 Å². The molecular weight excluding hydrogens is 284 g/mol. The van der Waals surface area contributed by atoms with Crippen LogP contribution in [0.15, 0.2) is 30.8 Å². The molecule has 1 N–H and O–H groups in total. The zero-order valence-electron chi connectivity index (χ0n) is 11.8. The quantitative estimate of drug-likeness (QED) is 0.930. The molecule has 2 heterocycles. The van der Waals surface area contributed by atoms with E-state index in [0.29, 0.717) is 11.3 Å². The molecular formula is C16H18N2O2S. The molecule has 110 valence electrons. The zero-order chi connectivity index (χ0) is 14.8. The standard InChI is InChI=1S/C16H18N2O2S/c1-11-13-4-2-3-5-14(13)16(20)18(11)10-15(19)17-12-6-8-21-9-7-12/h2-5,12H,1,6-10H2,(H,17,19). The van der Waals surface area contributed by atoms with Gasteiger partial charge in [-0.05, 0) is 30.4 Å². The van der Waals surface area contributed by atoms with Crippen LogP contribution < -0.4 is 5.32 Å². The van der Waals surface area contributed by atoms with E-state index in [9.17, 15) is 9.59 Å². The van der Waals surface area contributed by atoms with E-state index in [2.05, 4.69) is 11.9 Å². The van der Waals surface area contributed by atoms with Gasteiger partial charge in [0, 0.05) is 22.9 Å². The maximum absolute atomic E-state index is 12.3. The molecule has 0 unspecified atom stereocenters. The molecule has 0 aliphatic carbocycles. The van der Waals surface area contributed by atoms with E-state index in [0.717, 1.165) is 29.9 Å². The van der Waals surface area contributed by atoms with Crippen molar-refractivity contribution in [2.75, 3.05) is 18.1 Å². The minimum atomic E-state index is -0.134. The van der Waals surface area contributed by atoms with E-state index >= 15 is 0 Å². The number of benzene rings is 1. The molecule has 1 aromatic rings. The van der Waals surface area contributed by atoms with Gasteiger partial charge in [-0.3, -0.25) is 14.5 Å². The third kappa shape index (κ3) is 2.83. The molecule has 0 radical (unpaired) electrons. The van der Waals surface area contributed by atoms with Crippen LogP contribution in [0, 0.1) is 0 Å². The Morgan fingerprint density at radius 2 is 1.95 bits per heavy atom. The van der Waals surface area contributed by atoms with Crippen LogP contribution in [0.3, 0.4) is 0 Å². The summed E-state index contributed by atoms with van der Waals surface area (Å²) in [6.45, 7) is 4.00. The van der Waals surface area contributed by atoms with Crippen LogP contribution in [0.5, 0.6) is 0 Å². The van der Waals surface area contributed by atoms with Crippen LogP contribution in [0.2, 0.25) is 0 Å². The van der Waals surface area contributed by atoms with E-state index in [1.807, 2.05) is 30.0 Å². The van der Waals surface area contributed by atoms with E-state index in [-0.39, 0.29) is 24.4 Å². The maximum atomic E-state index is 12.3. The third-order valence-corrected chi connectivity index (χ3v) is 4.98. The number of nitrogens with zero attached hydrogens (tertiary/aromatic N) is 1. The molecule has 1 aromatic carbocycles. The number of rotatable bonds is 3. The van der Waals surface area contributed by atoms with Crippen LogP contribution in [0.25, 0.3) is 5.70 Å². The molecule has 2 amide bonds. The Morgan fingerprint density at radius 3 is 2.62 bits per heavy atom. The molecule has 1 fully saturated rings. The van der Waals surface area contributed by atoms with Crippen molar-refractivity contribution in [1.29, 1.82) is 0 Å². The Morgan fingerprint density at radius 1 is 1.29 bits per heavy atom. The molecule has 0 saturated carbocycles. The number of thioether (sulfide) groups is 1. The SMILES string of the molecule is C=C1c2ccccc2C(=O)N1CC(=O)NC1CCSCC1. The van der Waals surface area contributed by atoms with E-state index in [4.69, 9.17) is 0 Å². The first kappa shape index (κ1) is 14.2. The predicted octanol–water partition coefficient (Wildman–Crippen LogP) is 2.12. The van der Waals surface area contributed by atoms with Gasteiger partial charge in [0.2, 0.25) is 5.91 Å². The van der Waals surface area contributed by atoms with Crippen molar-refractivity contribution >= 4 is 29.3 Å². The lowest BCUT2D eigenvalue weighted by Crippen LogP contribution is -2.43. The average molecular weight is 302 g/mol. The number of hydrogen-bond acceptors (Lipinski definition) is 3. The lowest BCUT2D eigenvalue weighted by molar-refractivity contribution is -0.122. The van der Waals surface area contributed by atoms with Crippen LogP contribution in [0.4, 0.5) is 0 Å². The Bertz CT molecular complexity index is 559. The van der Waals surface area contributed by atoms with Crippen LogP contribution in [-0.2, 0) is 4.79 Å².